The number of aliphatic hydroxyl groups excluding tert-OH is 1. The van der Waals surface area contributed by atoms with Gasteiger partial charge in [-0.25, -0.2) is 4.79 Å². The Bertz CT molecular complexity index is 597. The maximum absolute atomic E-state index is 11.5. The van der Waals surface area contributed by atoms with E-state index < -0.39 is 0 Å². The Kier molecular flexibility index (Phi) is 9.77. The zero-order chi connectivity index (χ0) is 20.4. The number of aryl methyl sites for hydroxylation is 1. The van der Waals surface area contributed by atoms with Crippen molar-refractivity contribution < 1.29 is 14.6 Å². The number of ether oxygens (including phenoxy) is 1. The van der Waals surface area contributed by atoms with Gasteiger partial charge in [0.2, 0.25) is 0 Å². The van der Waals surface area contributed by atoms with E-state index in [1.807, 2.05) is 0 Å². The molecule has 1 aromatic carbocycles. The predicted octanol–water partition coefficient (Wildman–Crippen LogP) is 5.81. The van der Waals surface area contributed by atoms with Gasteiger partial charge < -0.3 is 9.84 Å². The van der Waals surface area contributed by atoms with Crippen molar-refractivity contribution in [1.29, 1.82) is 0 Å². The molecule has 156 valence electrons. The molecule has 1 unspecified atom stereocenters. The van der Waals surface area contributed by atoms with Crippen molar-refractivity contribution in [2.45, 2.75) is 77.6 Å². The van der Waals surface area contributed by atoms with E-state index in [0.717, 1.165) is 6.42 Å². The highest BCUT2D eigenvalue weighted by Crippen LogP contribution is 2.38. The van der Waals surface area contributed by atoms with Crippen LogP contribution in [-0.2, 0) is 16.0 Å². The predicted molar refractivity (Wildman–Crippen MR) is 115 cm³/mol. The molecule has 1 atom stereocenters. The van der Waals surface area contributed by atoms with Crippen LogP contribution in [0.15, 0.2) is 36.4 Å². The zero-order valence-corrected chi connectivity index (χ0v) is 17.8. The molecule has 28 heavy (non-hydrogen) atoms. The first-order valence-corrected chi connectivity index (χ1v) is 11.1. The number of benzene rings is 1. The highest BCUT2D eigenvalue weighted by Gasteiger charge is 2.25. The lowest BCUT2D eigenvalue weighted by molar-refractivity contribution is -0.140. The van der Waals surface area contributed by atoms with Crippen LogP contribution in [0.2, 0.25) is 0 Å². The second kappa shape index (κ2) is 12.1. The summed E-state index contributed by atoms with van der Waals surface area (Å²) in [6.07, 6.45) is 10.8. The lowest BCUT2D eigenvalue weighted by atomic mass is 9.76. The number of esters is 1. The topological polar surface area (TPSA) is 46.5 Å². The molecule has 0 saturated heterocycles. The van der Waals surface area contributed by atoms with Crippen molar-refractivity contribution in [3.05, 3.63) is 47.5 Å². The molecule has 0 radical (unpaired) electrons. The highest BCUT2D eigenvalue weighted by atomic mass is 16.5. The van der Waals surface area contributed by atoms with Crippen molar-refractivity contribution in [2.75, 3.05) is 13.2 Å². The number of carbonyl (C=O) groups excluding carboxylic acids is 1. The minimum absolute atomic E-state index is 0.0345. The Balaban J connectivity index is 1.75. The molecule has 1 N–H and O–H groups in total. The van der Waals surface area contributed by atoms with Crippen LogP contribution in [0.25, 0.3) is 0 Å². The summed E-state index contributed by atoms with van der Waals surface area (Å²) >= 11 is 0. The van der Waals surface area contributed by atoms with Crippen LogP contribution < -0.4 is 0 Å². The fraction of sp³-hybridized carbons (Fsp3) is 0.640. The molecule has 3 nitrogen and oxygen atoms in total. The van der Waals surface area contributed by atoms with Crippen molar-refractivity contribution >= 4 is 5.97 Å². The molecule has 0 aliphatic heterocycles. The monoisotopic (exact) mass is 386 g/mol. The third-order valence-electron chi connectivity index (χ3n) is 6.09. The van der Waals surface area contributed by atoms with Crippen LogP contribution in [0.4, 0.5) is 0 Å². The largest absolute Gasteiger partial charge is 0.462 e. The van der Waals surface area contributed by atoms with Crippen molar-refractivity contribution in [1.82, 2.24) is 0 Å². The summed E-state index contributed by atoms with van der Waals surface area (Å²) in [7, 11) is 0. The quantitative estimate of drug-likeness (QED) is 0.296. The fourth-order valence-corrected chi connectivity index (χ4v) is 4.25. The lowest BCUT2D eigenvalue weighted by Crippen LogP contribution is -2.23. The molecule has 1 aliphatic carbocycles. The van der Waals surface area contributed by atoms with Gasteiger partial charge in [-0.15, -0.1) is 0 Å². The smallest absolute Gasteiger partial charge is 0.333 e. The Morgan fingerprint density at radius 3 is 2.43 bits per heavy atom. The minimum Gasteiger partial charge on any atom is -0.462 e. The first kappa shape index (κ1) is 22.7. The van der Waals surface area contributed by atoms with Crippen molar-refractivity contribution in [2.24, 2.45) is 11.8 Å². The molecule has 1 saturated carbocycles. The summed E-state index contributed by atoms with van der Waals surface area (Å²) in [5.74, 6) is 0.951. The third kappa shape index (κ3) is 7.43. The van der Waals surface area contributed by atoms with Gasteiger partial charge in [-0.1, -0.05) is 50.6 Å². The summed E-state index contributed by atoms with van der Waals surface area (Å²) in [6, 6.07) is 9.30. The average Bonchev–Trinajstić information content (AvgIpc) is 2.72. The van der Waals surface area contributed by atoms with E-state index in [0.29, 0.717) is 24.0 Å². The summed E-state index contributed by atoms with van der Waals surface area (Å²) in [5, 5.41) is 9.63. The first-order chi connectivity index (χ1) is 13.5. The molecule has 0 bridgehead atoms. The SMILES string of the molecule is C=C(C)C(=O)OCC(CO)CC1CCC(c2ccc(CCCCC)cc2)CC1. The third-order valence-corrected chi connectivity index (χ3v) is 6.09. The molecule has 0 heterocycles. The van der Waals surface area contributed by atoms with Gasteiger partial charge in [-0.3, -0.25) is 0 Å². The number of aliphatic hydroxyl groups is 1. The molecule has 1 aromatic rings. The summed E-state index contributed by atoms with van der Waals surface area (Å²) in [6.45, 7) is 7.86. The van der Waals surface area contributed by atoms with Gasteiger partial charge in [0.1, 0.15) is 0 Å². The van der Waals surface area contributed by atoms with Gasteiger partial charge in [-0.2, -0.15) is 0 Å². The molecule has 0 amide bonds. The van der Waals surface area contributed by atoms with Crippen molar-refractivity contribution in [3.63, 3.8) is 0 Å². The second-order valence-corrected chi connectivity index (χ2v) is 8.58. The van der Waals surface area contributed by atoms with Crippen LogP contribution in [0.3, 0.4) is 0 Å². The molecule has 1 fully saturated rings. The number of hydrogen-bond donors (Lipinski definition) is 1. The van der Waals surface area contributed by atoms with Crippen LogP contribution in [0, 0.1) is 11.8 Å². The number of carbonyl (C=O) groups is 1. The van der Waals surface area contributed by atoms with E-state index in [1.165, 1.54) is 62.5 Å². The van der Waals surface area contributed by atoms with E-state index in [9.17, 15) is 9.90 Å². The van der Waals surface area contributed by atoms with Crippen LogP contribution in [-0.4, -0.2) is 24.3 Å². The zero-order valence-electron chi connectivity index (χ0n) is 17.8. The second-order valence-electron chi connectivity index (χ2n) is 8.58. The fourth-order valence-electron chi connectivity index (χ4n) is 4.25. The van der Waals surface area contributed by atoms with E-state index in [2.05, 4.69) is 37.8 Å². The average molecular weight is 387 g/mol. The van der Waals surface area contributed by atoms with E-state index in [4.69, 9.17) is 4.74 Å². The maximum atomic E-state index is 11.5. The van der Waals surface area contributed by atoms with Gasteiger partial charge in [0.15, 0.2) is 0 Å². The van der Waals surface area contributed by atoms with Gasteiger partial charge >= 0.3 is 5.97 Å². The standard InChI is InChI=1S/C25H38O3/c1-4-5-6-7-20-8-12-23(13-9-20)24-14-10-21(11-15-24)16-22(17-26)18-28-25(27)19(2)3/h8-9,12-13,21-22,24,26H,2,4-7,10-11,14-18H2,1,3H3. The van der Waals surface area contributed by atoms with Gasteiger partial charge in [0, 0.05) is 18.1 Å². The Labute approximate surface area is 171 Å². The number of rotatable bonds is 11. The molecular weight excluding hydrogens is 348 g/mol. The van der Waals surface area contributed by atoms with Crippen LogP contribution in [0.1, 0.15) is 82.3 Å². The highest BCUT2D eigenvalue weighted by molar-refractivity contribution is 5.86. The molecule has 1 aliphatic rings. The molecule has 3 heteroatoms. The van der Waals surface area contributed by atoms with E-state index >= 15 is 0 Å². The lowest BCUT2D eigenvalue weighted by Gasteiger charge is -2.30. The number of unbranched alkanes of at least 4 members (excludes halogenated alkanes) is 2. The Hall–Kier alpha value is -1.61. The summed E-state index contributed by atoms with van der Waals surface area (Å²) in [5.41, 5.74) is 3.35. The molecule has 0 aromatic heterocycles. The molecule has 0 spiro atoms. The Morgan fingerprint density at radius 1 is 1.18 bits per heavy atom. The van der Waals surface area contributed by atoms with Crippen LogP contribution >= 0.6 is 0 Å². The van der Waals surface area contributed by atoms with Gasteiger partial charge in [-0.05, 0) is 74.8 Å². The van der Waals surface area contributed by atoms with E-state index in [-0.39, 0.29) is 18.5 Å². The van der Waals surface area contributed by atoms with Gasteiger partial charge in [0.05, 0.1) is 6.61 Å². The Morgan fingerprint density at radius 2 is 1.86 bits per heavy atom. The normalized spacial score (nSPS) is 20.5. The number of hydrogen-bond acceptors (Lipinski definition) is 3. The first-order valence-electron chi connectivity index (χ1n) is 11.1. The van der Waals surface area contributed by atoms with Crippen molar-refractivity contribution in [3.8, 4) is 0 Å². The van der Waals surface area contributed by atoms with Gasteiger partial charge in [0.25, 0.3) is 0 Å². The summed E-state index contributed by atoms with van der Waals surface area (Å²) < 4.78 is 5.24. The maximum Gasteiger partial charge on any atom is 0.333 e. The van der Waals surface area contributed by atoms with E-state index in [1.54, 1.807) is 6.92 Å². The molecule has 2 rings (SSSR count). The summed E-state index contributed by atoms with van der Waals surface area (Å²) in [4.78, 5) is 11.5. The van der Waals surface area contributed by atoms with Crippen LogP contribution in [0.5, 0.6) is 0 Å². The minimum atomic E-state index is -0.361. The molecular formula is C25H38O3.